The van der Waals surface area contributed by atoms with Crippen LogP contribution < -0.4 is 5.32 Å². The fourth-order valence-corrected chi connectivity index (χ4v) is 4.79. The number of carbonyl (C=O) groups is 1. The van der Waals surface area contributed by atoms with Crippen LogP contribution in [0, 0.1) is 5.92 Å². The van der Waals surface area contributed by atoms with E-state index in [1.54, 1.807) is 0 Å². The molecule has 3 aliphatic heterocycles. The van der Waals surface area contributed by atoms with Gasteiger partial charge in [-0.1, -0.05) is 30.3 Å². The lowest BCUT2D eigenvalue weighted by molar-refractivity contribution is -0.129. The molecule has 3 aliphatic rings. The summed E-state index contributed by atoms with van der Waals surface area (Å²) in [6.07, 6.45) is 4.12. The maximum atomic E-state index is 12.8. The minimum atomic E-state index is -0.0660. The number of hydrogen-bond acceptors (Lipinski definition) is 5. The van der Waals surface area contributed by atoms with Crippen LogP contribution in [0.25, 0.3) is 0 Å². The van der Waals surface area contributed by atoms with Crippen molar-refractivity contribution in [1.82, 2.24) is 15.1 Å². The molecule has 0 bridgehead atoms. The van der Waals surface area contributed by atoms with E-state index < -0.39 is 0 Å². The highest BCUT2D eigenvalue weighted by Crippen LogP contribution is 2.26. The molecule has 1 amide bonds. The van der Waals surface area contributed by atoms with Crippen molar-refractivity contribution in [2.45, 2.75) is 57.5 Å². The molecule has 29 heavy (non-hydrogen) atoms. The van der Waals surface area contributed by atoms with Crippen molar-refractivity contribution in [3.8, 4) is 0 Å². The Morgan fingerprint density at radius 2 is 1.69 bits per heavy atom. The number of likely N-dealkylation sites (tertiary alicyclic amines) is 2. The third-order valence-electron chi connectivity index (χ3n) is 6.72. The molecule has 3 heterocycles. The van der Waals surface area contributed by atoms with Crippen LogP contribution >= 0.6 is 0 Å². The Bertz CT molecular complexity index is 634. The van der Waals surface area contributed by atoms with Crippen molar-refractivity contribution in [3.63, 3.8) is 0 Å². The van der Waals surface area contributed by atoms with E-state index in [-0.39, 0.29) is 18.2 Å². The van der Waals surface area contributed by atoms with Crippen molar-refractivity contribution in [3.05, 3.63) is 35.9 Å². The van der Waals surface area contributed by atoms with Crippen molar-refractivity contribution < 1.29 is 14.3 Å². The summed E-state index contributed by atoms with van der Waals surface area (Å²) >= 11 is 0. The average molecular weight is 402 g/mol. The summed E-state index contributed by atoms with van der Waals surface area (Å²) in [5, 5.41) is 3.31. The zero-order valence-electron chi connectivity index (χ0n) is 17.6. The second-order valence-electron chi connectivity index (χ2n) is 8.70. The average Bonchev–Trinajstić information content (AvgIpc) is 3.30. The monoisotopic (exact) mass is 401 g/mol. The van der Waals surface area contributed by atoms with E-state index >= 15 is 0 Å². The summed E-state index contributed by atoms with van der Waals surface area (Å²) in [4.78, 5) is 17.6. The SMILES string of the molecule is CC(C(=O)NC1CCN(Cc2ccccc2)CC1)N1CCC(C2OCCO2)CC1. The van der Waals surface area contributed by atoms with E-state index in [1.165, 1.54) is 5.56 Å². The van der Waals surface area contributed by atoms with Gasteiger partial charge in [-0.25, -0.2) is 0 Å². The topological polar surface area (TPSA) is 54.0 Å². The highest BCUT2D eigenvalue weighted by Gasteiger charge is 2.33. The van der Waals surface area contributed by atoms with Gasteiger partial charge in [-0.15, -0.1) is 0 Å². The van der Waals surface area contributed by atoms with Gasteiger partial charge in [0.15, 0.2) is 6.29 Å². The summed E-state index contributed by atoms with van der Waals surface area (Å²) in [7, 11) is 0. The number of benzene rings is 1. The Kier molecular flexibility index (Phi) is 7.19. The summed E-state index contributed by atoms with van der Waals surface area (Å²) in [5.74, 6) is 0.649. The Morgan fingerprint density at radius 3 is 2.34 bits per heavy atom. The Morgan fingerprint density at radius 1 is 1.03 bits per heavy atom. The molecule has 3 fully saturated rings. The van der Waals surface area contributed by atoms with Crippen LogP contribution in [0.15, 0.2) is 30.3 Å². The molecule has 0 aliphatic carbocycles. The Balaban J connectivity index is 1.17. The number of piperidine rings is 2. The van der Waals surface area contributed by atoms with Crippen LogP contribution in [0.1, 0.15) is 38.2 Å². The van der Waals surface area contributed by atoms with Crippen LogP contribution in [0.2, 0.25) is 0 Å². The molecular formula is C23H35N3O3. The normalized spacial score (nSPS) is 24.6. The van der Waals surface area contributed by atoms with Gasteiger partial charge in [0.1, 0.15) is 0 Å². The second kappa shape index (κ2) is 10.0. The van der Waals surface area contributed by atoms with E-state index in [1.807, 2.05) is 6.92 Å². The van der Waals surface area contributed by atoms with Crippen LogP contribution in [0.3, 0.4) is 0 Å². The molecule has 1 atom stereocenters. The molecule has 4 rings (SSSR count). The maximum Gasteiger partial charge on any atom is 0.237 e. The van der Waals surface area contributed by atoms with Gasteiger partial charge in [0.25, 0.3) is 0 Å². The fourth-order valence-electron chi connectivity index (χ4n) is 4.79. The third kappa shape index (κ3) is 5.57. The highest BCUT2D eigenvalue weighted by atomic mass is 16.7. The van der Waals surface area contributed by atoms with E-state index in [0.717, 1.165) is 58.4 Å². The zero-order valence-corrected chi connectivity index (χ0v) is 17.6. The predicted octanol–water partition coefficient (Wildman–Crippen LogP) is 2.24. The van der Waals surface area contributed by atoms with Gasteiger partial charge in [-0.2, -0.15) is 0 Å². The second-order valence-corrected chi connectivity index (χ2v) is 8.70. The summed E-state index contributed by atoms with van der Waals surface area (Å²) in [5.41, 5.74) is 1.36. The lowest BCUT2D eigenvalue weighted by atomic mass is 9.95. The number of nitrogens with one attached hydrogen (secondary N) is 1. The molecule has 0 radical (unpaired) electrons. The first-order chi connectivity index (χ1) is 14.2. The minimum Gasteiger partial charge on any atom is -0.352 e. The van der Waals surface area contributed by atoms with Crippen molar-refractivity contribution in [2.75, 3.05) is 39.4 Å². The summed E-state index contributed by atoms with van der Waals surface area (Å²) in [6.45, 7) is 8.45. The highest BCUT2D eigenvalue weighted by molar-refractivity contribution is 5.81. The molecule has 1 aromatic rings. The number of rotatable bonds is 6. The van der Waals surface area contributed by atoms with Gasteiger partial charge >= 0.3 is 0 Å². The van der Waals surface area contributed by atoms with Gasteiger partial charge in [-0.3, -0.25) is 14.6 Å². The molecular weight excluding hydrogens is 366 g/mol. The Hall–Kier alpha value is -1.47. The third-order valence-corrected chi connectivity index (χ3v) is 6.72. The number of amides is 1. The number of nitrogens with zero attached hydrogens (tertiary/aromatic N) is 2. The molecule has 0 spiro atoms. The summed E-state index contributed by atoms with van der Waals surface area (Å²) in [6, 6.07) is 10.9. The van der Waals surface area contributed by atoms with Crippen LogP contribution in [0.5, 0.6) is 0 Å². The molecule has 6 heteroatoms. The summed E-state index contributed by atoms with van der Waals surface area (Å²) < 4.78 is 11.3. The number of carbonyl (C=O) groups excluding carboxylic acids is 1. The van der Waals surface area contributed by atoms with Gasteiger partial charge in [0, 0.05) is 31.6 Å². The first-order valence-electron chi connectivity index (χ1n) is 11.2. The molecule has 6 nitrogen and oxygen atoms in total. The maximum absolute atomic E-state index is 12.8. The van der Waals surface area contributed by atoms with Crippen LogP contribution in [-0.2, 0) is 20.8 Å². The van der Waals surface area contributed by atoms with E-state index in [4.69, 9.17) is 9.47 Å². The van der Waals surface area contributed by atoms with E-state index in [0.29, 0.717) is 25.2 Å². The van der Waals surface area contributed by atoms with Crippen LogP contribution in [0.4, 0.5) is 0 Å². The molecule has 1 aromatic carbocycles. The smallest absolute Gasteiger partial charge is 0.237 e. The zero-order chi connectivity index (χ0) is 20.1. The Labute approximate surface area is 174 Å². The first kappa shape index (κ1) is 20.8. The van der Waals surface area contributed by atoms with Crippen LogP contribution in [-0.4, -0.2) is 73.5 Å². The van der Waals surface area contributed by atoms with Gasteiger partial charge in [0.2, 0.25) is 5.91 Å². The van der Waals surface area contributed by atoms with Gasteiger partial charge < -0.3 is 14.8 Å². The number of hydrogen-bond donors (Lipinski definition) is 1. The molecule has 3 saturated heterocycles. The minimum absolute atomic E-state index is 0.0256. The number of ether oxygens (including phenoxy) is 2. The van der Waals surface area contributed by atoms with Crippen molar-refractivity contribution in [2.24, 2.45) is 5.92 Å². The molecule has 0 saturated carbocycles. The first-order valence-corrected chi connectivity index (χ1v) is 11.2. The van der Waals surface area contributed by atoms with Gasteiger partial charge in [0.05, 0.1) is 19.3 Å². The standard InChI is InChI=1S/C23H35N3O3/c1-18(26-13-7-20(8-14-26)23-28-15-16-29-23)22(27)24-21-9-11-25(12-10-21)17-19-5-3-2-4-6-19/h2-6,18,20-21,23H,7-17H2,1H3,(H,24,27). The largest absolute Gasteiger partial charge is 0.352 e. The fraction of sp³-hybridized carbons (Fsp3) is 0.696. The molecule has 0 aromatic heterocycles. The van der Waals surface area contributed by atoms with Crippen molar-refractivity contribution >= 4 is 5.91 Å². The lowest BCUT2D eigenvalue weighted by Gasteiger charge is -2.38. The van der Waals surface area contributed by atoms with Crippen molar-refractivity contribution in [1.29, 1.82) is 0 Å². The van der Waals surface area contributed by atoms with Gasteiger partial charge in [-0.05, 0) is 51.3 Å². The lowest BCUT2D eigenvalue weighted by Crippen LogP contribution is -2.53. The molecule has 160 valence electrons. The van der Waals surface area contributed by atoms with E-state index in [2.05, 4.69) is 45.4 Å². The van der Waals surface area contributed by atoms with E-state index in [9.17, 15) is 4.79 Å². The predicted molar refractivity (Wildman–Crippen MR) is 112 cm³/mol. The quantitative estimate of drug-likeness (QED) is 0.792. The molecule has 1 N–H and O–H groups in total. The molecule has 1 unspecified atom stereocenters.